The van der Waals surface area contributed by atoms with E-state index in [2.05, 4.69) is 55.8 Å². The topological polar surface area (TPSA) is 253 Å². The molecule has 16 nitrogen and oxygen atoms in total. The van der Waals surface area contributed by atoms with Crippen LogP contribution >= 0.6 is 11.6 Å². The van der Waals surface area contributed by atoms with Gasteiger partial charge in [0.1, 0.15) is 34.8 Å². The molecular weight excluding hydrogens is 744 g/mol. The van der Waals surface area contributed by atoms with Crippen LogP contribution in [0.5, 0.6) is 0 Å². The van der Waals surface area contributed by atoms with Gasteiger partial charge in [-0.05, 0) is 118 Å². The maximum atomic E-state index is 11.9. The van der Waals surface area contributed by atoms with E-state index in [4.69, 9.17) is 27.9 Å². The standard InChI is InChI=1S/C20H21N7O.C15H20N4O.C5H2ClN3/c21-9-14-11-24-20(25-12-14)23-10-13-1-4-16(5-2-13)26-17-6-3-15-7-8-22-19(28)18(15)27-17;16-9-10-1-4-12(5-2-10)18-13-6-3-11-7-8-17-15(20)14(11)19-13;6-5-8-2-4(1-7)3-9-5/h3,6-8,11-13,16H,1-2,4-5,10H2,(H,22,28)(H,26,27)(H,23,24,25);3,6-8,10,12H,1-2,4-5,9,16H2,(H,17,20)(H,18,19);2-3H. The number of pyridine rings is 4. The lowest BCUT2D eigenvalue weighted by atomic mass is 9.86. The van der Waals surface area contributed by atoms with Crippen LogP contribution in [-0.4, -0.2) is 65.0 Å². The first-order valence-corrected chi connectivity index (χ1v) is 19.2. The second kappa shape index (κ2) is 19.9. The highest BCUT2D eigenvalue weighted by Crippen LogP contribution is 2.27. The first-order chi connectivity index (χ1) is 27.8. The number of nitrogens with one attached hydrogen (secondary N) is 5. The zero-order chi connectivity index (χ0) is 40.0. The number of nitrogens with two attached hydrogens (primary N) is 1. The minimum absolute atomic E-state index is 0.141. The van der Waals surface area contributed by atoms with Crippen LogP contribution in [0.25, 0.3) is 21.8 Å². The summed E-state index contributed by atoms with van der Waals surface area (Å²) in [5.41, 5.74) is 7.24. The van der Waals surface area contributed by atoms with Gasteiger partial charge in [-0.3, -0.25) is 9.59 Å². The van der Waals surface area contributed by atoms with Gasteiger partial charge in [0, 0.05) is 54.2 Å². The van der Waals surface area contributed by atoms with E-state index < -0.39 is 0 Å². The van der Waals surface area contributed by atoms with Crippen molar-refractivity contribution in [2.45, 2.75) is 63.5 Å². The minimum atomic E-state index is -0.166. The van der Waals surface area contributed by atoms with Crippen LogP contribution in [0.3, 0.4) is 0 Å². The lowest BCUT2D eigenvalue weighted by molar-refractivity contribution is 0.344. The third-order valence-electron chi connectivity index (χ3n) is 10.0. The van der Waals surface area contributed by atoms with Crippen LogP contribution in [-0.2, 0) is 0 Å². The Morgan fingerprint density at radius 3 is 1.58 bits per heavy atom. The molecule has 0 unspecified atom stereocenters. The Morgan fingerprint density at radius 2 is 1.12 bits per heavy atom. The highest BCUT2D eigenvalue weighted by molar-refractivity contribution is 6.28. The highest BCUT2D eigenvalue weighted by Gasteiger charge is 2.22. The van der Waals surface area contributed by atoms with Crippen LogP contribution in [0.1, 0.15) is 62.5 Å². The molecule has 0 amide bonds. The molecule has 2 saturated carbocycles. The molecule has 2 aliphatic carbocycles. The molecule has 17 heteroatoms. The van der Waals surface area contributed by atoms with E-state index in [0.29, 0.717) is 52.0 Å². The number of aromatic amines is 2. The lowest BCUT2D eigenvalue weighted by Gasteiger charge is -2.29. The van der Waals surface area contributed by atoms with Crippen LogP contribution < -0.4 is 32.8 Å². The van der Waals surface area contributed by atoms with Crippen molar-refractivity contribution in [3.05, 3.63) is 111 Å². The molecule has 0 bridgehead atoms. The predicted molar refractivity (Wildman–Crippen MR) is 220 cm³/mol. The number of hydrogen-bond donors (Lipinski definition) is 6. The number of anilines is 3. The number of nitrogens with zero attached hydrogens (tertiary/aromatic N) is 8. The van der Waals surface area contributed by atoms with Crippen LogP contribution in [0.2, 0.25) is 5.28 Å². The number of hydrogen-bond acceptors (Lipinski definition) is 14. The van der Waals surface area contributed by atoms with Gasteiger partial charge in [-0.15, -0.1) is 0 Å². The van der Waals surface area contributed by atoms with Gasteiger partial charge in [0.2, 0.25) is 11.2 Å². The fourth-order valence-corrected chi connectivity index (χ4v) is 6.94. The molecule has 0 radical (unpaired) electrons. The molecular formula is C40H43ClN14O2. The van der Waals surface area contributed by atoms with Crippen molar-refractivity contribution >= 4 is 51.0 Å². The Balaban J connectivity index is 0.000000164. The fourth-order valence-electron chi connectivity index (χ4n) is 6.84. The molecule has 6 aromatic heterocycles. The van der Waals surface area contributed by atoms with Crippen molar-refractivity contribution in [1.82, 2.24) is 39.9 Å². The molecule has 0 spiro atoms. The maximum absolute atomic E-state index is 11.9. The minimum Gasteiger partial charge on any atom is -0.367 e. The average Bonchev–Trinajstić information content (AvgIpc) is 3.25. The lowest BCUT2D eigenvalue weighted by Crippen LogP contribution is -2.29. The third kappa shape index (κ3) is 11.5. The van der Waals surface area contributed by atoms with E-state index in [1.54, 1.807) is 12.4 Å². The molecule has 0 saturated heterocycles. The van der Waals surface area contributed by atoms with Crippen molar-refractivity contribution in [2.24, 2.45) is 17.6 Å². The third-order valence-corrected chi connectivity index (χ3v) is 10.2. The van der Waals surface area contributed by atoms with Crippen LogP contribution in [0, 0.1) is 34.5 Å². The summed E-state index contributed by atoms with van der Waals surface area (Å²) in [6.07, 6.45) is 17.9. The molecule has 7 N–H and O–H groups in total. The number of H-pyrrole nitrogens is 2. The summed E-state index contributed by atoms with van der Waals surface area (Å²) in [5.74, 6) is 3.32. The molecule has 57 heavy (non-hydrogen) atoms. The van der Waals surface area contributed by atoms with E-state index in [9.17, 15) is 9.59 Å². The van der Waals surface area contributed by atoms with Crippen molar-refractivity contribution in [1.29, 1.82) is 10.5 Å². The highest BCUT2D eigenvalue weighted by atomic mass is 35.5. The SMILES string of the molecule is N#Cc1cnc(Cl)nc1.N#Cc1cnc(NCC2CCC(Nc3ccc4cc[nH]c(=O)c4n3)CC2)nc1.NCC1CCC(Nc2ccc3cc[nH]c(=O)c3n2)CC1. The summed E-state index contributed by atoms with van der Waals surface area (Å²) in [6, 6.07) is 16.1. The predicted octanol–water partition coefficient (Wildman–Crippen LogP) is 5.52. The van der Waals surface area contributed by atoms with E-state index in [-0.39, 0.29) is 16.4 Å². The van der Waals surface area contributed by atoms with Gasteiger partial charge in [0.25, 0.3) is 11.1 Å². The summed E-state index contributed by atoms with van der Waals surface area (Å²) >= 11 is 5.34. The van der Waals surface area contributed by atoms with Crippen molar-refractivity contribution in [2.75, 3.05) is 29.0 Å². The van der Waals surface area contributed by atoms with E-state index in [1.165, 1.54) is 37.6 Å². The average molecular weight is 787 g/mol. The maximum Gasteiger partial charge on any atom is 0.274 e. The normalized spacial score (nSPS) is 18.7. The number of fused-ring (bicyclic) bond motifs is 2. The quantitative estimate of drug-likeness (QED) is 0.104. The summed E-state index contributed by atoms with van der Waals surface area (Å²) in [4.78, 5) is 53.3. The van der Waals surface area contributed by atoms with E-state index in [1.807, 2.05) is 48.5 Å². The van der Waals surface area contributed by atoms with Crippen LogP contribution in [0.15, 0.2) is 83.2 Å². The Labute approximate surface area is 333 Å². The molecule has 0 aromatic carbocycles. The Morgan fingerprint density at radius 1 is 0.667 bits per heavy atom. The van der Waals surface area contributed by atoms with Crippen LogP contribution in [0.4, 0.5) is 17.6 Å². The number of halogens is 1. The Bertz CT molecular complexity index is 2430. The Kier molecular flexibility index (Phi) is 14.0. The first kappa shape index (κ1) is 40.2. The summed E-state index contributed by atoms with van der Waals surface area (Å²) in [5, 5.41) is 29.1. The van der Waals surface area contributed by atoms with Gasteiger partial charge >= 0.3 is 0 Å². The largest absolute Gasteiger partial charge is 0.367 e. The second-order valence-electron chi connectivity index (χ2n) is 14.0. The molecule has 6 aromatic rings. The van der Waals surface area contributed by atoms with Crippen molar-refractivity contribution < 1.29 is 0 Å². The monoisotopic (exact) mass is 786 g/mol. The van der Waals surface area contributed by atoms with Crippen molar-refractivity contribution in [3.63, 3.8) is 0 Å². The molecule has 6 heterocycles. The summed E-state index contributed by atoms with van der Waals surface area (Å²) in [6.45, 7) is 1.61. The van der Waals surface area contributed by atoms with E-state index >= 15 is 0 Å². The van der Waals surface area contributed by atoms with Gasteiger partial charge in [0.05, 0.1) is 23.5 Å². The molecule has 2 aliphatic rings. The van der Waals surface area contributed by atoms with Gasteiger partial charge in [-0.1, -0.05) is 0 Å². The van der Waals surface area contributed by atoms with Gasteiger partial charge in [-0.2, -0.15) is 10.5 Å². The number of rotatable bonds is 8. The smallest absolute Gasteiger partial charge is 0.274 e. The van der Waals surface area contributed by atoms with Crippen molar-refractivity contribution in [3.8, 4) is 12.1 Å². The Hall–Kier alpha value is -6.49. The van der Waals surface area contributed by atoms with Gasteiger partial charge in [-0.25, -0.2) is 29.9 Å². The van der Waals surface area contributed by atoms with Gasteiger partial charge in [0.15, 0.2) is 0 Å². The summed E-state index contributed by atoms with van der Waals surface area (Å²) < 4.78 is 0. The number of aromatic nitrogens is 8. The zero-order valence-electron chi connectivity index (χ0n) is 31.2. The molecule has 2 fully saturated rings. The number of nitriles is 2. The first-order valence-electron chi connectivity index (χ1n) is 18.8. The molecule has 8 rings (SSSR count). The zero-order valence-corrected chi connectivity index (χ0v) is 31.9. The molecule has 0 atom stereocenters. The molecule has 292 valence electrons. The van der Waals surface area contributed by atoms with Gasteiger partial charge < -0.3 is 31.7 Å². The van der Waals surface area contributed by atoms with E-state index in [0.717, 1.165) is 74.0 Å². The summed E-state index contributed by atoms with van der Waals surface area (Å²) in [7, 11) is 0. The molecule has 0 aliphatic heterocycles. The fraction of sp³-hybridized carbons (Fsp3) is 0.350. The second-order valence-corrected chi connectivity index (χ2v) is 14.3.